The van der Waals surface area contributed by atoms with Crippen molar-refractivity contribution in [1.82, 2.24) is 15.2 Å². The maximum Gasteiger partial charge on any atom is 0.490 e. The number of H-pyrrole nitrogens is 1. The van der Waals surface area contributed by atoms with Crippen molar-refractivity contribution in [3.8, 4) is 0 Å². The van der Waals surface area contributed by atoms with Gasteiger partial charge in [-0.15, -0.1) is 0 Å². The van der Waals surface area contributed by atoms with E-state index in [2.05, 4.69) is 52.5 Å². The van der Waals surface area contributed by atoms with Crippen molar-refractivity contribution >= 4 is 5.97 Å². The number of carboxylic acid groups (broad SMARTS) is 1. The molecular weight excluding hydrogens is 387 g/mol. The number of benzene rings is 1. The summed E-state index contributed by atoms with van der Waals surface area (Å²) < 4.78 is 37.2. The number of aryl methyl sites for hydroxylation is 1. The predicted octanol–water partition coefficient (Wildman–Crippen LogP) is 3.12. The zero-order valence-corrected chi connectivity index (χ0v) is 16.2. The van der Waals surface area contributed by atoms with Crippen molar-refractivity contribution in [3.63, 3.8) is 0 Å². The lowest BCUT2D eigenvalue weighted by molar-refractivity contribution is -0.192. The fraction of sp³-hybridized carbons (Fsp3) is 0.450. The Morgan fingerprint density at radius 1 is 1.31 bits per heavy atom. The van der Waals surface area contributed by atoms with E-state index in [4.69, 9.17) is 14.6 Å². The number of aromatic nitrogens is 1. The molecule has 1 unspecified atom stereocenters. The van der Waals surface area contributed by atoms with Gasteiger partial charge in [0.2, 0.25) is 0 Å². The van der Waals surface area contributed by atoms with Crippen LogP contribution < -0.4 is 5.32 Å². The number of nitrogens with zero attached hydrogens (tertiary/aromatic N) is 1. The highest BCUT2D eigenvalue weighted by atomic mass is 19.4. The highest BCUT2D eigenvalue weighted by molar-refractivity contribution is 5.73. The standard InChI is InChI=1S/C18H25N3O.C2HF3O2/c1-15-3-2-4-17(11-15)18(21-7-9-22-10-8-21)14-20-13-16-5-6-19-12-16;3-2(4,5)1(6)7/h2-6,11-12,18-20H,7-10,13-14H2,1H3;(H,6,7). The average Bonchev–Trinajstić information content (AvgIpc) is 3.19. The molecule has 1 aromatic heterocycles. The van der Waals surface area contributed by atoms with Crippen molar-refractivity contribution in [2.75, 3.05) is 32.8 Å². The van der Waals surface area contributed by atoms with Crippen LogP contribution in [0.25, 0.3) is 0 Å². The van der Waals surface area contributed by atoms with E-state index in [1.807, 2.05) is 12.4 Å². The van der Waals surface area contributed by atoms with Crippen molar-refractivity contribution in [2.45, 2.75) is 25.7 Å². The summed E-state index contributed by atoms with van der Waals surface area (Å²) in [5.74, 6) is -2.76. The molecule has 9 heteroatoms. The third-order valence-electron chi connectivity index (χ3n) is 4.49. The molecule has 3 rings (SSSR count). The normalized spacial score (nSPS) is 16.0. The quantitative estimate of drug-likeness (QED) is 0.678. The predicted molar refractivity (Wildman–Crippen MR) is 103 cm³/mol. The summed E-state index contributed by atoms with van der Waals surface area (Å²) in [6.45, 7) is 7.69. The number of morpholine rings is 1. The van der Waals surface area contributed by atoms with Crippen LogP contribution >= 0.6 is 0 Å². The van der Waals surface area contributed by atoms with E-state index in [1.54, 1.807) is 0 Å². The van der Waals surface area contributed by atoms with Crippen LogP contribution in [0.5, 0.6) is 0 Å². The monoisotopic (exact) mass is 413 g/mol. The molecule has 1 aromatic carbocycles. The van der Waals surface area contributed by atoms with Crippen LogP contribution in [0.1, 0.15) is 22.7 Å². The smallest absolute Gasteiger partial charge is 0.475 e. The maximum absolute atomic E-state index is 10.6. The molecule has 2 aromatic rings. The number of hydrogen-bond donors (Lipinski definition) is 3. The minimum absolute atomic E-state index is 0.405. The number of hydrogen-bond acceptors (Lipinski definition) is 4. The van der Waals surface area contributed by atoms with Crippen LogP contribution in [0.3, 0.4) is 0 Å². The second-order valence-electron chi connectivity index (χ2n) is 6.73. The second-order valence-corrected chi connectivity index (χ2v) is 6.73. The van der Waals surface area contributed by atoms with E-state index in [-0.39, 0.29) is 0 Å². The molecule has 0 amide bonds. The van der Waals surface area contributed by atoms with E-state index >= 15 is 0 Å². The zero-order valence-electron chi connectivity index (χ0n) is 16.2. The minimum Gasteiger partial charge on any atom is -0.475 e. The summed E-state index contributed by atoms with van der Waals surface area (Å²) in [7, 11) is 0. The van der Waals surface area contributed by atoms with Crippen molar-refractivity contribution < 1.29 is 27.8 Å². The number of rotatable bonds is 6. The van der Waals surface area contributed by atoms with Gasteiger partial charge in [-0.1, -0.05) is 29.8 Å². The van der Waals surface area contributed by atoms with Crippen LogP contribution in [0.15, 0.2) is 42.7 Å². The van der Waals surface area contributed by atoms with E-state index < -0.39 is 12.1 Å². The Kier molecular flexibility index (Phi) is 8.69. The van der Waals surface area contributed by atoms with E-state index in [0.29, 0.717) is 6.04 Å². The van der Waals surface area contributed by atoms with Gasteiger partial charge >= 0.3 is 12.1 Å². The molecule has 0 saturated carbocycles. The molecule has 1 aliphatic heterocycles. The first-order valence-electron chi connectivity index (χ1n) is 9.28. The molecule has 6 nitrogen and oxygen atoms in total. The lowest BCUT2D eigenvalue weighted by Gasteiger charge is -2.35. The van der Waals surface area contributed by atoms with Gasteiger partial charge in [0.15, 0.2) is 0 Å². The first kappa shape index (κ1) is 22.9. The lowest BCUT2D eigenvalue weighted by Crippen LogP contribution is -2.42. The van der Waals surface area contributed by atoms with Gasteiger partial charge in [-0.25, -0.2) is 4.79 Å². The van der Waals surface area contributed by atoms with Crippen LogP contribution in [0.4, 0.5) is 13.2 Å². The number of carbonyl (C=O) groups is 1. The first-order chi connectivity index (χ1) is 13.8. The Morgan fingerprint density at radius 2 is 2.00 bits per heavy atom. The third kappa shape index (κ3) is 7.88. The molecule has 0 aliphatic carbocycles. The van der Waals surface area contributed by atoms with Crippen LogP contribution in [0, 0.1) is 6.92 Å². The largest absolute Gasteiger partial charge is 0.490 e. The zero-order chi connectivity index (χ0) is 21.3. The average molecular weight is 413 g/mol. The Bertz CT molecular complexity index is 745. The Balaban J connectivity index is 0.000000370. The molecule has 3 N–H and O–H groups in total. The number of aromatic amines is 1. The van der Waals surface area contributed by atoms with Gasteiger partial charge in [0.1, 0.15) is 0 Å². The summed E-state index contributed by atoms with van der Waals surface area (Å²) in [6.07, 6.45) is -1.07. The van der Waals surface area contributed by atoms with Gasteiger partial charge in [-0.05, 0) is 24.1 Å². The molecule has 1 atom stereocenters. The molecule has 1 aliphatic rings. The van der Waals surface area contributed by atoms with Gasteiger partial charge in [0, 0.05) is 44.6 Å². The van der Waals surface area contributed by atoms with Gasteiger partial charge in [-0.3, -0.25) is 4.90 Å². The SMILES string of the molecule is Cc1cccc(C(CNCc2cc[nH]c2)N2CCOCC2)c1.O=C(O)C(F)(F)F. The summed E-state index contributed by atoms with van der Waals surface area (Å²) in [5, 5.41) is 10.7. The summed E-state index contributed by atoms with van der Waals surface area (Å²) in [6, 6.07) is 11.4. The fourth-order valence-electron chi connectivity index (χ4n) is 3.05. The van der Waals surface area contributed by atoms with Gasteiger partial charge in [0.25, 0.3) is 0 Å². The lowest BCUT2D eigenvalue weighted by atomic mass is 10.0. The van der Waals surface area contributed by atoms with Crippen molar-refractivity contribution in [3.05, 3.63) is 59.4 Å². The highest BCUT2D eigenvalue weighted by Crippen LogP contribution is 2.22. The van der Waals surface area contributed by atoms with Crippen LogP contribution in [-0.2, 0) is 16.1 Å². The highest BCUT2D eigenvalue weighted by Gasteiger charge is 2.38. The summed E-state index contributed by atoms with van der Waals surface area (Å²) in [4.78, 5) is 14.5. The van der Waals surface area contributed by atoms with Crippen LogP contribution in [-0.4, -0.2) is 60.0 Å². The number of aliphatic carboxylic acids is 1. The van der Waals surface area contributed by atoms with E-state index in [0.717, 1.165) is 39.4 Å². The Hall–Kier alpha value is -2.36. The molecule has 29 heavy (non-hydrogen) atoms. The maximum atomic E-state index is 10.6. The van der Waals surface area contributed by atoms with Crippen molar-refractivity contribution in [2.24, 2.45) is 0 Å². The summed E-state index contributed by atoms with van der Waals surface area (Å²) in [5.41, 5.74) is 4.01. The third-order valence-corrected chi connectivity index (χ3v) is 4.49. The van der Waals surface area contributed by atoms with E-state index in [1.165, 1.54) is 16.7 Å². The number of nitrogens with one attached hydrogen (secondary N) is 2. The topological polar surface area (TPSA) is 77.6 Å². The minimum atomic E-state index is -5.08. The molecule has 0 bridgehead atoms. The second kappa shape index (κ2) is 11.0. The van der Waals surface area contributed by atoms with Gasteiger partial charge < -0.3 is 20.1 Å². The number of halogens is 3. The molecule has 160 valence electrons. The van der Waals surface area contributed by atoms with Gasteiger partial charge in [0.05, 0.1) is 13.2 Å². The number of carboxylic acids is 1. The molecular formula is C20H26F3N3O3. The Morgan fingerprint density at radius 3 is 2.55 bits per heavy atom. The molecule has 1 fully saturated rings. The molecule has 0 spiro atoms. The molecule has 2 heterocycles. The number of ether oxygens (including phenoxy) is 1. The molecule has 1 saturated heterocycles. The first-order valence-corrected chi connectivity index (χ1v) is 9.28. The van der Waals surface area contributed by atoms with Gasteiger partial charge in [-0.2, -0.15) is 13.2 Å². The van der Waals surface area contributed by atoms with Crippen LogP contribution in [0.2, 0.25) is 0 Å². The Labute approximate surface area is 167 Å². The number of alkyl halides is 3. The van der Waals surface area contributed by atoms with E-state index in [9.17, 15) is 13.2 Å². The fourth-order valence-corrected chi connectivity index (χ4v) is 3.05. The molecule has 0 radical (unpaired) electrons. The van der Waals surface area contributed by atoms with Crippen molar-refractivity contribution in [1.29, 1.82) is 0 Å². The summed E-state index contributed by atoms with van der Waals surface area (Å²) >= 11 is 0.